The number of benzene rings is 1. The van der Waals surface area contributed by atoms with Crippen LogP contribution in [0.25, 0.3) is 0 Å². The molecule has 0 radical (unpaired) electrons. The first kappa shape index (κ1) is 17.2. The maximum absolute atomic E-state index is 12.3. The minimum absolute atomic E-state index is 0.222. The third-order valence-corrected chi connectivity index (χ3v) is 8.32. The van der Waals surface area contributed by atoms with Gasteiger partial charge in [-0.3, -0.25) is 9.10 Å². The molecule has 1 aromatic carbocycles. The summed E-state index contributed by atoms with van der Waals surface area (Å²) < 4.78 is 50.7. The predicted octanol–water partition coefficient (Wildman–Crippen LogP) is 1.01. The Balaban J connectivity index is 1.84. The highest BCUT2D eigenvalue weighted by atomic mass is 32.2. The maximum atomic E-state index is 12.3. The average Bonchev–Trinajstić information content (AvgIpc) is 3.18. The monoisotopic (exact) mass is 372 g/mol. The molecule has 9 heteroatoms. The number of anilines is 1. The van der Waals surface area contributed by atoms with Gasteiger partial charge in [-0.1, -0.05) is 6.92 Å². The summed E-state index contributed by atoms with van der Waals surface area (Å²) in [5.41, 5.74) is 1.49. The van der Waals surface area contributed by atoms with Gasteiger partial charge in [-0.05, 0) is 49.4 Å². The number of rotatable bonds is 5. The van der Waals surface area contributed by atoms with Crippen molar-refractivity contribution in [1.29, 1.82) is 0 Å². The summed E-state index contributed by atoms with van der Waals surface area (Å²) in [7, 11) is -7.06. The predicted molar refractivity (Wildman–Crippen MR) is 91.0 cm³/mol. The van der Waals surface area contributed by atoms with Crippen molar-refractivity contribution in [1.82, 2.24) is 4.72 Å². The SMILES string of the molecule is CCC1(S(=O)(=O)NC(=O)c2ccc3c(c2)CCN3S(C)(=O)=O)CC1. The van der Waals surface area contributed by atoms with E-state index in [0.717, 1.165) is 11.8 Å². The molecule has 1 aliphatic heterocycles. The van der Waals surface area contributed by atoms with Crippen molar-refractivity contribution < 1.29 is 21.6 Å². The number of hydrogen-bond acceptors (Lipinski definition) is 5. The second-order valence-corrected chi connectivity index (χ2v) is 10.4. The third-order valence-electron chi connectivity index (χ3n) is 4.84. The molecular formula is C15H20N2O5S2. The molecule has 132 valence electrons. The topological polar surface area (TPSA) is 101 Å². The molecule has 3 rings (SSSR count). The lowest BCUT2D eigenvalue weighted by atomic mass is 10.1. The summed E-state index contributed by atoms with van der Waals surface area (Å²) in [5, 5.41) is 0. The molecule has 0 spiro atoms. The Morgan fingerprint density at radius 1 is 1.25 bits per heavy atom. The highest BCUT2D eigenvalue weighted by Crippen LogP contribution is 2.45. The van der Waals surface area contributed by atoms with Gasteiger partial charge in [-0.2, -0.15) is 0 Å². The molecule has 1 aliphatic carbocycles. The molecule has 7 nitrogen and oxygen atoms in total. The Labute approximate surface area is 142 Å². The van der Waals surface area contributed by atoms with Gasteiger partial charge in [-0.25, -0.2) is 21.6 Å². The molecule has 0 unspecified atom stereocenters. The van der Waals surface area contributed by atoms with Crippen LogP contribution in [-0.2, 0) is 26.5 Å². The van der Waals surface area contributed by atoms with Crippen LogP contribution in [0.5, 0.6) is 0 Å². The summed E-state index contributed by atoms with van der Waals surface area (Å²) in [4.78, 5) is 12.3. The molecule has 1 N–H and O–H groups in total. The van der Waals surface area contributed by atoms with E-state index in [1.807, 2.05) is 0 Å². The zero-order chi connectivity index (χ0) is 17.8. The van der Waals surface area contributed by atoms with Crippen molar-refractivity contribution in [3.05, 3.63) is 29.3 Å². The van der Waals surface area contributed by atoms with Crippen molar-refractivity contribution in [2.75, 3.05) is 17.1 Å². The van der Waals surface area contributed by atoms with Gasteiger partial charge in [0.05, 0.1) is 16.7 Å². The van der Waals surface area contributed by atoms with Gasteiger partial charge < -0.3 is 0 Å². The standard InChI is InChI=1S/C15H20N2O5S2/c1-3-15(7-8-15)24(21,22)16-14(18)12-4-5-13-11(10-12)6-9-17(13)23(2,19)20/h4-5,10H,3,6-9H2,1-2H3,(H,16,18). The fourth-order valence-corrected chi connectivity index (χ4v) is 5.65. The van der Waals surface area contributed by atoms with Crippen LogP contribution in [-0.4, -0.2) is 40.3 Å². The van der Waals surface area contributed by atoms with Gasteiger partial charge >= 0.3 is 0 Å². The molecule has 1 fully saturated rings. The Hall–Kier alpha value is -1.61. The highest BCUT2D eigenvalue weighted by Gasteiger charge is 2.53. The largest absolute Gasteiger partial charge is 0.270 e. The van der Waals surface area contributed by atoms with E-state index < -0.39 is 30.7 Å². The zero-order valence-electron chi connectivity index (χ0n) is 13.6. The molecule has 0 aromatic heterocycles. The summed E-state index contributed by atoms with van der Waals surface area (Å²) in [5.74, 6) is -0.671. The normalized spacial score (nSPS) is 19.0. The smallest absolute Gasteiger partial charge is 0.264 e. The van der Waals surface area contributed by atoms with Gasteiger partial charge in [0.2, 0.25) is 20.0 Å². The number of nitrogens with one attached hydrogen (secondary N) is 1. The first-order valence-electron chi connectivity index (χ1n) is 7.77. The fourth-order valence-electron chi connectivity index (χ4n) is 3.10. The Morgan fingerprint density at radius 2 is 1.92 bits per heavy atom. The molecule has 1 amide bonds. The lowest BCUT2D eigenvalue weighted by molar-refractivity contribution is 0.0980. The number of nitrogens with zero attached hydrogens (tertiary/aromatic N) is 1. The zero-order valence-corrected chi connectivity index (χ0v) is 15.2. The lowest BCUT2D eigenvalue weighted by Crippen LogP contribution is -2.39. The number of amides is 1. The Morgan fingerprint density at radius 3 is 2.46 bits per heavy atom. The fraction of sp³-hybridized carbons (Fsp3) is 0.533. The molecular weight excluding hydrogens is 352 g/mol. The highest BCUT2D eigenvalue weighted by molar-refractivity contribution is 7.92. The van der Waals surface area contributed by atoms with Crippen molar-refractivity contribution in [3.8, 4) is 0 Å². The molecule has 0 atom stereocenters. The van der Waals surface area contributed by atoms with Gasteiger partial charge in [0, 0.05) is 12.1 Å². The summed E-state index contributed by atoms with van der Waals surface area (Å²) in [6, 6.07) is 4.58. The van der Waals surface area contributed by atoms with Gasteiger partial charge in [0.25, 0.3) is 5.91 Å². The van der Waals surface area contributed by atoms with Crippen LogP contribution in [0.15, 0.2) is 18.2 Å². The number of carbonyl (C=O) groups excluding carboxylic acids is 1. The molecule has 0 saturated heterocycles. The quantitative estimate of drug-likeness (QED) is 0.831. The molecule has 1 aromatic rings. The summed E-state index contributed by atoms with van der Waals surface area (Å²) in [6.07, 6.45) is 3.24. The van der Waals surface area contributed by atoms with Crippen LogP contribution >= 0.6 is 0 Å². The van der Waals surface area contributed by atoms with E-state index >= 15 is 0 Å². The second kappa shape index (κ2) is 5.45. The van der Waals surface area contributed by atoms with Crippen molar-refractivity contribution in [2.24, 2.45) is 0 Å². The molecule has 2 aliphatic rings. The van der Waals surface area contributed by atoms with Crippen LogP contribution in [0, 0.1) is 0 Å². The van der Waals surface area contributed by atoms with E-state index in [2.05, 4.69) is 4.72 Å². The Kier molecular flexibility index (Phi) is 3.91. The summed E-state index contributed by atoms with van der Waals surface area (Å²) >= 11 is 0. The Bertz CT molecular complexity index is 902. The first-order valence-corrected chi connectivity index (χ1v) is 11.1. The number of hydrogen-bond donors (Lipinski definition) is 1. The van der Waals surface area contributed by atoms with Crippen LogP contribution in [0.4, 0.5) is 5.69 Å². The number of carbonyl (C=O) groups is 1. The van der Waals surface area contributed by atoms with E-state index in [1.165, 1.54) is 10.4 Å². The molecule has 24 heavy (non-hydrogen) atoms. The third kappa shape index (κ3) is 2.79. The number of sulfonamides is 2. The molecule has 0 bridgehead atoms. The van der Waals surface area contributed by atoms with E-state index in [1.54, 1.807) is 19.1 Å². The van der Waals surface area contributed by atoms with Gasteiger partial charge in [-0.15, -0.1) is 0 Å². The molecule has 1 saturated carbocycles. The average molecular weight is 372 g/mol. The van der Waals surface area contributed by atoms with Crippen LogP contribution in [0.3, 0.4) is 0 Å². The van der Waals surface area contributed by atoms with Gasteiger partial charge in [0.15, 0.2) is 0 Å². The van der Waals surface area contributed by atoms with E-state index in [4.69, 9.17) is 0 Å². The van der Waals surface area contributed by atoms with Crippen LogP contribution in [0.1, 0.15) is 42.1 Å². The minimum Gasteiger partial charge on any atom is -0.270 e. The minimum atomic E-state index is -3.70. The van der Waals surface area contributed by atoms with E-state index in [9.17, 15) is 21.6 Å². The van der Waals surface area contributed by atoms with Crippen molar-refractivity contribution in [3.63, 3.8) is 0 Å². The lowest BCUT2D eigenvalue weighted by Gasteiger charge is -2.17. The van der Waals surface area contributed by atoms with E-state index in [-0.39, 0.29) is 5.56 Å². The first-order chi connectivity index (χ1) is 11.1. The van der Waals surface area contributed by atoms with Gasteiger partial charge in [0.1, 0.15) is 0 Å². The van der Waals surface area contributed by atoms with Crippen molar-refractivity contribution in [2.45, 2.75) is 37.4 Å². The van der Waals surface area contributed by atoms with Crippen LogP contribution < -0.4 is 9.03 Å². The number of fused-ring (bicyclic) bond motifs is 1. The van der Waals surface area contributed by atoms with E-state index in [0.29, 0.717) is 37.9 Å². The molecule has 1 heterocycles. The summed E-state index contributed by atoms with van der Waals surface area (Å²) in [6.45, 7) is 2.13. The van der Waals surface area contributed by atoms with Crippen molar-refractivity contribution >= 4 is 31.6 Å². The maximum Gasteiger partial charge on any atom is 0.264 e. The van der Waals surface area contributed by atoms with Crippen LogP contribution in [0.2, 0.25) is 0 Å². The second-order valence-electron chi connectivity index (χ2n) is 6.40.